The van der Waals surface area contributed by atoms with Crippen LogP contribution in [0.2, 0.25) is 0 Å². The number of imidazole rings is 1. The van der Waals surface area contributed by atoms with Gasteiger partial charge >= 0.3 is 0 Å². The first kappa shape index (κ1) is 18.7. The standard InChI is InChI=1S/C19H27FN4O2/c1-22-8-5-21-19(22)14-24-7-4-6-23(9-10-24)13-15-11-17(25-2)18(26-3)12-16(15)20/h5,8,11-12H,4,6-7,9-10,13-14H2,1-3H3. The van der Waals surface area contributed by atoms with Crippen molar-refractivity contribution in [1.82, 2.24) is 19.4 Å². The molecule has 7 heteroatoms. The molecule has 1 aromatic heterocycles. The highest BCUT2D eigenvalue weighted by Gasteiger charge is 2.19. The Kier molecular flexibility index (Phi) is 6.11. The van der Waals surface area contributed by atoms with Crippen molar-refractivity contribution in [2.45, 2.75) is 19.5 Å². The van der Waals surface area contributed by atoms with Gasteiger partial charge in [-0.3, -0.25) is 9.80 Å². The van der Waals surface area contributed by atoms with Gasteiger partial charge in [0.15, 0.2) is 11.5 Å². The zero-order chi connectivity index (χ0) is 18.5. The van der Waals surface area contributed by atoms with Crippen LogP contribution in [0.3, 0.4) is 0 Å². The average Bonchev–Trinajstić information content (AvgIpc) is 2.91. The minimum Gasteiger partial charge on any atom is -0.493 e. The molecule has 0 aliphatic carbocycles. The first-order valence-electron chi connectivity index (χ1n) is 8.92. The second-order valence-corrected chi connectivity index (χ2v) is 6.66. The van der Waals surface area contributed by atoms with E-state index in [1.54, 1.807) is 13.2 Å². The van der Waals surface area contributed by atoms with Gasteiger partial charge in [0, 0.05) is 50.7 Å². The molecule has 3 rings (SSSR count). The number of rotatable bonds is 6. The van der Waals surface area contributed by atoms with E-state index in [2.05, 4.69) is 19.4 Å². The van der Waals surface area contributed by atoms with E-state index >= 15 is 0 Å². The van der Waals surface area contributed by atoms with Gasteiger partial charge in [0.1, 0.15) is 11.6 Å². The molecule has 0 saturated carbocycles. The van der Waals surface area contributed by atoms with Gasteiger partial charge < -0.3 is 14.0 Å². The van der Waals surface area contributed by atoms with Crippen LogP contribution in [0.5, 0.6) is 11.5 Å². The van der Waals surface area contributed by atoms with E-state index < -0.39 is 0 Å². The fraction of sp³-hybridized carbons (Fsp3) is 0.526. The van der Waals surface area contributed by atoms with Crippen LogP contribution in [0.25, 0.3) is 0 Å². The van der Waals surface area contributed by atoms with E-state index in [9.17, 15) is 4.39 Å². The zero-order valence-electron chi connectivity index (χ0n) is 15.7. The summed E-state index contributed by atoms with van der Waals surface area (Å²) in [6.07, 6.45) is 4.86. The van der Waals surface area contributed by atoms with Crippen molar-refractivity contribution < 1.29 is 13.9 Å². The van der Waals surface area contributed by atoms with Gasteiger partial charge in [-0.25, -0.2) is 9.37 Å². The molecule has 1 saturated heterocycles. The highest BCUT2D eigenvalue weighted by atomic mass is 19.1. The second-order valence-electron chi connectivity index (χ2n) is 6.66. The lowest BCUT2D eigenvalue weighted by atomic mass is 10.1. The quantitative estimate of drug-likeness (QED) is 0.789. The van der Waals surface area contributed by atoms with E-state index in [1.807, 2.05) is 19.4 Å². The Bertz CT molecular complexity index is 734. The summed E-state index contributed by atoms with van der Waals surface area (Å²) in [6.45, 7) is 5.24. The van der Waals surface area contributed by atoms with Crippen LogP contribution in [0, 0.1) is 5.82 Å². The van der Waals surface area contributed by atoms with Crippen molar-refractivity contribution in [2.75, 3.05) is 40.4 Å². The maximum absolute atomic E-state index is 14.4. The number of halogens is 1. The van der Waals surface area contributed by atoms with Gasteiger partial charge in [0.05, 0.1) is 20.8 Å². The van der Waals surface area contributed by atoms with Gasteiger partial charge in [-0.15, -0.1) is 0 Å². The minimum absolute atomic E-state index is 0.253. The first-order valence-corrected chi connectivity index (χ1v) is 8.92. The molecule has 0 amide bonds. The predicted octanol–water partition coefficient (Wildman–Crippen LogP) is 2.28. The predicted molar refractivity (Wildman–Crippen MR) is 97.9 cm³/mol. The van der Waals surface area contributed by atoms with Gasteiger partial charge in [0.25, 0.3) is 0 Å². The van der Waals surface area contributed by atoms with Crippen LogP contribution >= 0.6 is 0 Å². The summed E-state index contributed by atoms with van der Waals surface area (Å²) in [5.74, 6) is 1.81. The molecule has 1 aliphatic heterocycles. The average molecular weight is 362 g/mol. The van der Waals surface area contributed by atoms with E-state index in [0.29, 0.717) is 23.6 Å². The maximum atomic E-state index is 14.4. The molecule has 0 spiro atoms. The number of hydrogen-bond acceptors (Lipinski definition) is 5. The van der Waals surface area contributed by atoms with Crippen molar-refractivity contribution in [3.63, 3.8) is 0 Å². The molecular formula is C19H27FN4O2. The molecule has 0 radical (unpaired) electrons. The van der Waals surface area contributed by atoms with Gasteiger partial charge in [-0.1, -0.05) is 0 Å². The Morgan fingerprint density at radius 3 is 2.27 bits per heavy atom. The number of ether oxygens (including phenoxy) is 2. The third-order valence-corrected chi connectivity index (χ3v) is 4.91. The highest BCUT2D eigenvalue weighted by Crippen LogP contribution is 2.30. The van der Waals surface area contributed by atoms with Crippen molar-refractivity contribution in [2.24, 2.45) is 7.05 Å². The smallest absolute Gasteiger partial charge is 0.163 e. The summed E-state index contributed by atoms with van der Waals surface area (Å²) in [7, 11) is 5.11. The number of nitrogens with zero attached hydrogens (tertiary/aromatic N) is 4. The molecule has 2 heterocycles. The lowest BCUT2D eigenvalue weighted by Crippen LogP contribution is -2.31. The summed E-state index contributed by atoms with van der Waals surface area (Å²) in [4.78, 5) is 9.11. The third kappa shape index (κ3) is 4.34. The van der Waals surface area contributed by atoms with Crippen LogP contribution < -0.4 is 9.47 Å². The number of aryl methyl sites for hydroxylation is 1. The summed E-state index contributed by atoms with van der Waals surface area (Å²) in [5, 5.41) is 0. The van der Waals surface area contributed by atoms with Crippen molar-refractivity contribution in [1.29, 1.82) is 0 Å². The Balaban J connectivity index is 1.62. The molecule has 2 aromatic rings. The van der Waals surface area contributed by atoms with Crippen LogP contribution in [0.15, 0.2) is 24.5 Å². The molecule has 0 atom stereocenters. The summed E-state index contributed by atoms with van der Waals surface area (Å²) in [5.41, 5.74) is 0.639. The zero-order valence-corrected chi connectivity index (χ0v) is 15.7. The fourth-order valence-corrected chi connectivity index (χ4v) is 3.35. The molecule has 0 bridgehead atoms. The Morgan fingerprint density at radius 2 is 1.65 bits per heavy atom. The molecule has 0 N–H and O–H groups in total. The lowest BCUT2D eigenvalue weighted by molar-refractivity contribution is 0.240. The van der Waals surface area contributed by atoms with Crippen LogP contribution in [0.1, 0.15) is 17.8 Å². The maximum Gasteiger partial charge on any atom is 0.163 e. The van der Waals surface area contributed by atoms with Gasteiger partial charge in [-0.05, 0) is 25.6 Å². The van der Waals surface area contributed by atoms with E-state index in [-0.39, 0.29) is 5.82 Å². The highest BCUT2D eigenvalue weighted by molar-refractivity contribution is 5.43. The molecule has 142 valence electrons. The lowest BCUT2D eigenvalue weighted by Gasteiger charge is -2.22. The third-order valence-electron chi connectivity index (χ3n) is 4.91. The number of aromatic nitrogens is 2. The molecule has 1 aliphatic rings. The minimum atomic E-state index is -0.253. The summed E-state index contributed by atoms with van der Waals surface area (Å²) >= 11 is 0. The Labute approximate surface area is 154 Å². The molecule has 6 nitrogen and oxygen atoms in total. The van der Waals surface area contributed by atoms with Crippen molar-refractivity contribution in [3.8, 4) is 11.5 Å². The largest absolute Gasteiger partial charge is 0.493 e. The monoisotopic (exact) mass is 362 g/mol. The topological polar surface area (TPSA) is 42.8 Å². The van der Waals surface area contributed by atoms with Crippen LogP contribution in [-0.4, -0.2) is 59.7 Å². The summed E-state index contributed by atoms with van der Waals surface area (Å²) < 4.78 is 26.9. The number of hydrogen-bond donors (Lipinski definition) is 0. The number of methoxy groups -OCH3 is 2. The molecular weight excluding hydrogens is 335 g/mol. The normalized spacial score (nSPS) is 16.5. The Morgan fingerprint density at radius 1 is 1.00 bits per heavy atom. The first-order chi connectivity index (χ1) is 12.6. The summed E-state index contributed by atoms with van der Waals surface area (Å²) in [6, 6.07) is 3.14. The van der Waals surface area contributed by atoms with E-state index in [0.717, 1.165) is 45.0 Å². The van der Waals surface area contributed by atoms with Crippen molar-refractivity contribution >= 4 is 0 Å². The van der Waals surface area contributed by atoms with Crippen molar-refractivity contribution in [3.05, 3.63) is 41.7 Å². The number of benzene rings is 1. The fourth-order valence-electron chi connectivity index (χ4n) is 3.35. The second kappa shape index (κ2) is 8.51. The molecule has 26 heavy (non-hydrogen) atoms. The van der Waals surface area contributed by atoms with Crippen LogP contribution in [0.4, 0.5) is 4.39 Å². The van der Waals surface area contributed by atoms with Gasteiger partial charge in [-0.2, -0.15) is 0 Å². The van der Waals surface area contributed by atoms with Gasteiger partial charge in [0.2, 0.25) is 0 Å². The Hall–Kier alpha value is -2.12. The van der Waals surface area contributed by atoms with E-state index in [4.69, 9.17) is 9.47 Å². The van der Waals surface area contributed by atoms with E-state index in [1.165, 1.54) is 13.2 Å². The van der Waals surface area contributed by atoms with Crippen LogP contribution in [-0.2, 0) is 20.1 Å². The molecule has 0 unspecified atom stereocenters. The SMILES string of the molecule is COc1cc(F)c(CN2CCCN(Cc3nccn3C)CC2)cc1OC. The molecule has 1 aromatic carbocycles. The molecule has 1 fully saturated rings.